The maximum atomic E-state index is 14.3. The van der Waals surface area contributed by atoms with Gasteiger partial charge in [0.05, 0.1) is 5.54 Å². The first-order valence-corrected chi connectivity index (χ1v) is 8.57. The molecule has 25 heavy (non-hydrogen) atoms. The van der Waals surface area contributed by atoms with Gasteiger partial charge in [-0.05, 0) is 26.2 Å². The fraction of sp³-hybridized carbons (Fsp3) is 0.533. The molecule has 1 saturated carbocycles. The summed E-state index contributed by atoms with van der Waals surface area (Å²) in [4.78, 5) is 13.1. The van der Waals surface area contributed by atoms with Gasteiger partial charge in [0.1, 0.15) is 11.3 Å². The van der Waals surface area contributed by atoms with Gasteiger partial charge < -0.3 is 0 Å². The molecule has 3 unspecified atom stereocenters. The molecule has 1 aromatic carbocycles. The van der Waals surface area contributed by atoms with Gasteiger partial charge in [-0.15, -0.1) is 0 Å². The monoisotopic (exact) mass is 481 g/mol. The van der Waals surface area contributed by atoms with Gasteiger partial charge in [0.25, 0.3) is 0 Å². The number of carbonyl (C=O) groups excluding carboxylic acids is 1. The molecule has 2 aliphatic rings. The van der Waals surface area contributed by atoms with Crippen LogP contribution in [0.4, 0.5) is 36.4 Å². The van der Waals surface area contributed by atoms with Crippen molar-refractivity contribution in [2.45, 2.75) is 41.8 Å². The second-order valence-corrected chi connectivity index (χ2v) is 7.96. The van der Waals surface area contributed by atoms with Crippen LogP contribution in [0.15, 0.2) is 0 Å². The Kier molecular flexibility index (Phi) is 4.28. The molecular weight excluding hydrogens is 470 g/mol. The van der Waals surface area contributed by atoms with E-state index >= 15 is 0 Å². The highest BCUT2D eigenvalue weighted by Crippen LogP contribution is 2.51. The summed E-state index contributed by atoms with van der Waals surface area (Å²) in [5.74, 6) is -10.8. The molecule has 0 radical (unpaired) electrons. The van der Waals surface area contributed by atoms with E-state index in [1.807, 2.05) is 22.6 Å². The van der Waals surface area contributed by atoms with Crippen LogP contribution in [0.25, 0.3) is 0 Å². The van der Waals surface area contributed by atoms with Gasteiger partial charge in [-0.1, -0.05) is 22.6 Å². The summed E-state index contributed by atoms with van der Waals surface area (Å²) in [5, 5.41) is 0. The van der Waals surface area contributed by atoms with Gasteiger partial charge in [-0.25, -0.2) is 17.6 Å². The fourth-order valence-corrected chi connectivity index (χ4v) is 4.59. The zero-order valence-corrected chi connectivity index (χ0v) is 14.8. The standard InChI is InChI=1S/C15H11F7INO/c1-14-4-5(2-3-6(14)23)13(25)24(14)12-10(18)8(16)7(15(20,21)22)9(17)11(12)19/h5-6H,2-4H2,1H3. The number of alkyl halides is 4. The number of halogens is 8. The molecule has 2 nitrogen and oxygen atoms in total. The second-order valence-electron chi connectivity index (χ2n) is 6.45. The van der Waals surface area contributed by atoms with Crippen LogP contribution in [-0.2, 0) is 11.0 Å². The zero-order valence-electron chi connectivity index (χ0n) is 12.7. The molecule has 1 heterocycles. The van der Waals surface area contributed by atoms with E-state index in [1.54, 1.807) is 0 Å². The Bertz CT molecular complexity index is 736. The molecular formula is C15H11F7INO. The lowest BCUT2D eigenvalue weighted by Crippen LogP contribution is -2.50. The normalized spacial score (nSPS) is 29.5. The lowest BCUT2D eigenvalue weighted by Gasteiger charge is -2.40. The molecule has 0 spiro atoms. The van der Waals surface area contributed by atoms with Crippen molar-refractivity contribution >= 4 is 34.2 Å². The summed E-state index contributed by atoms with van der Waals surface area (Å²) in [6, 6.07) is 0. The van der Waals surface area contributed by atoms with Gasteiger partial charge in [-0.2, -0.15) is 13.2 Å². The molecule has 3 rings (SSSR count). The van der Waals surface area contributed by atoms with Crippen molar-refractivity contribution in [2.24, 2.45) is 5.92 Å². The fourth-order valence-electron chi connectivity index (χ4n) is 3.69. The summed E-state index contributed by atoms with van der Waals surface area (Å²) < 4.78 is 94.3. The third kappa shape index (κ3) is 2.54. The van der Waals surface area contributed by atoms with E-state index in [4.69, 9.17) is 0 Å². The maximum absolute atomic E-state index is 14.3. The molecule has 2 fully saturated rings. The van der Waals surface area contributed by atoms with Crippen LogP contribution in [-0.4, -0.2) is 15.4 Å². The Morgan fingerprint density at radius 3 is 2.04 bits per heavy atom. The van der Waals surface area contributed by atoms with Crippen LogP contribution in [0.5, 0.6) is 0 Å². The number of hydrogen-bond acceptors (Lipinski definition) is 1. The van der Waals surface area contributed by atoms with E-state index in [9.17, 15) is 35.5 Å². The smallest absolute Gasteiger partial charge is 0.300 e. The van der Waals surface area contributed by atoms with E-state index in [0.29, 0.717) is 17.7 Å². The van der Waals surface area contributed by atoms with Crippen molar-refractivity contribution in [3.8, 4) is 0 Å². The topological polar surface area (TPSA) is 20.3 Å². The first-order valence-electron chi connectivity index (χ1n) is 7.32. The van der Waals surface area contributed by atoms with Crippen molar-refractivity contribution < 1.29 is 35.5 Å². The number of benzene rings is 1. The number of rotatable bonds is 1. The third-order valence-electron chi connectivity index (χ3n) is 4.93. The SMILES string of the molecule is CC12CC(CCC1I)C(=O)N2c1c(F)c(F)c(C(F)(F)F)c(F)c1F. The predicted octanol–water partition coefficient (Wildman–Crippen LogP) is 4.97. The molecule has 1 aromatic rings. The molecule has 1 saturated heterocycles. The second kappa shape index (κ2) is 5.71. The van der Waals surface area contributed by atoms with Crippen molar-refractivity contribution in [2.75, 3.05) is 4.90 Å². The summed E-state index contributed by atoms with van der Waals surface area (Å²) in [6.07, 6.45) is -4.43. The maximum Gasteiger partial charge on any atom is 0.422 e. The highest BCUT2D eigenvalue weighted by molar-refractivity contribution is 14.1. The van der Waals surface area contributed by atoms with E-state index in [-0.39, 0.29) is 10.3 Å². The van der Waals surface area contributed by atoms with Crippen molar-refractivity contribution in [1.29, 1.82) is 0 Å². The number of amides is 1. The quantitative estimate of drug-likeness (QED) is 0.240. The van der Waals surface area contributed by atoms with Crippen LogP contribution in [0.2, 0.25) is 0 Å². The van der Waals surface area contributed by atoms with Crippen LogP contribution >= 0.6 is 22.6 Å². The van der Waals surface area contributed by atoms with Crippen molar-refractivity contribution in [3.05, 3.63) is 28.8 Å². The first kappa shape index (κ1) is 18.7. The molecule has 1 amide bonds. The molecule has 1 aliphatic heterocycles. The van der Waals surface area contributed by atoms with Crippen LogP contribution < -0.4 is 4.90 Å². The van der Waals surface area contributed by atoms with Crippen LogP contribution in [0, 0.1) is 29.2 Å². The molecule has 0 aromatic heterocycles. The molecule has 0 N–H and O–H groups in total. The van der Waals surface area contributed by atoms with E-state index < -0.39 is 58.1 Å². The van der Waals surface area contributed by atoms with Crippen LogP contribution in [0.3, 0.4) is 0 Å². The van der Waals surface area contributed by atoms with Gasteiger partial charge in [0.15, 0.2) is 23.3 Å². The summed E-state index contributed by atoms with van der Waals surface area (Å²) in [6.45, 7) is 1.51. The molecule has 138 valence electrons. The lowest BCUT2D eigenvalue weighted by molar-refractivity contribution is -0.143. The Labute approximate surface area is 151 Å². The van der Waals surface area contributed by atoms with Gasteiger partial charge in [-0.3, -0.25) is 9.69 Å². The number of nitrogens with zero attached hydrogens (tertiary/aromatic N) is 1. The minimum Gasteiger partial charge on any atom is -0.300 e. The average molecular weight is 481 g/mol. The van der Waals surface area contributed by atoms with Crippen molar-refractivity contribution in [1.82, 2.24) is 0 Å². The lowest BCUT2D eigenvalue weighted by atomic mass is 9.81. The van der Waals surface area contributed by atoms with Gasteiger partial charge in [0.2, 0.25) is 5.91 Å². The van der Waals surface area contributed by atoms with Crippen LogP contribution in [0.1, 0.15) is 31.7 Å². The van der Waals surface area contributed by atoms with Crippen molar-refractivity contribution in [3.63, 3.8) is 0 Å². The van der Waals surface area contributed by atoms with E-state index in [2.05, 4.69) is 0 Å². The minimum atomic E-state index is -5.62. The Morgan fingerprint density at radius 1 is 1.04 bits per heavy atom. The highest BCUT2D eigenvalue weighted by atomic mass is 127. The summed E-state index contributed by atoms with van der Waals surface area (Å²) in [7, 11) is 0. The molecule has 10 heteroatoms. The molecule has 2 bridgehead atoms. The predicted molar refractivity (Wildman–Crippen MR) is 82.3 cm³/mol. The third-order valence-corrected chi connectivity index (χ3v) is 6.90. The Balaban J connectivity index is 2.27. The zero-order chi connectivity index (χ0) is 18.9. The Hall–Kier alpha value is -1.07. The average Bonchev–Trinajstić information content (AvgIpc) is 2.70. The number of fused-ring (bicyclic) bond motifs is 2. The molecule has 1 aliphatic carbocycles. The number of anilines is 1. The highest BCUT2D eigenvalue weighted by Gasteiger charge is 2.57. The number of hydrogen-bond donors (Lipinski definition) is 0. The minimum absolute atomic E-state index is 0.211. The molecule has 3 atom stereocenters. The van der Waals surface area contributed by atoms with E-state index in [0.717, 1.165) is 0 Å². The van der Waals surface area contributed by atoms with Gasteiger partial charge in [0, 0.05) is 9.84 Å². The number of carbonyl (C=O) groups is 1. The largest absolute Gasteiger partial charge is 0.422 e. The van der Waals surface area contributed by atoms with E-state index in [1.165, 1.54) is 6.92 Å². The first-order chi connectivity index (χ1) is 11.4. The summed E-state index contributed by atoms with van der Waals surface area (Å²) >= 11 is 1.97. The summed E-state index contributed by atoms with van der Waals surface area (Å²) in [5.41, 5.74) is -5.17. The van der Waals surface area contributed by atoms with Gasteiger partial charge >= 0.3 is 6.18 Å². The Morgan fingerprint density at radius 2 is 1.56 bits per heavy atom.